The van der Waals surface area contributed by atoms with Crippen LogP contribution >= 0.6 is 0 Å². The minimum atomic E-state index is -0.768. The summed E-state index contributed by atoms with van der Waals surface area (Å²) in [6.07, 6.45) is 1.03. The van der Waals surface area contributed by atoms with E-state index in [9.17, 15) is 4.79 Å². The van der Waals surface area contributed by atoms with E-state index in [0.29, 0.717) is 0 Å². The Morgan fingerprint density at radius 2 is 1.80 bits per heavy atom. The van der Waals surface area contributed by atoms with Crippen LogP contribution in [0.15, 0.2) is 24.3 Å². The zero-order valence-electron chi connectivity index (χ0n) is 12.4. The third-order valence-electron chi connectivity index (χ3n) is 4.16. The van der Waals surface area contributed by atoms with Crippen LogP contribution in [-0.2, 0) is 11.2 Å². The largest absolute Gasteiger partial charge is 0.481 e. The van der Waals surface area contributed by atoms with Gasteiger partial charge in [-0.25, -0.2) is 0 Å². The van der Waals surface area contributed by atoms with Crippen LogP contribution in [0.1, 0.15) is 24.0 Å². The van der Waals surface area contributed by atoms with Gasteiger partial charge in [0.05, 0.1) is 5.92 Å². The van der Waals surface area contributed by atoms with E-state index in [0.717, 1.165) is 44.7 Å². The van der Waals surface area contributed by atoms with Gasteiger partial charge in [-0.3, -0.25) is 4.79 Å². The van der Waals surface area contributed by atoms with E-state index in [1.54, 1.807) is 6.92 Å². The SMILES string of the molecule is CC(C(=O)O)c1ccc(CCN2CCN(C)CC2)cc1. The topological polar surface area (TPSA) is 43.8 Å². The minimum absolute atomic E-state index is 0.429. The molecule has 0 spiro atoms. The molecule has 1 N–H and O–H groups in total. The van der Waals surface area contributed by atoms with Crippen LogP contribution in [0.3, 0.4) is 0 Å². The Morgan fingerprint density at radius 1 is 1.20 bits per heavy atom. The number of rotatable bonds is 5. The fraction of sp³-hybridized carbons (Fsp3) is 0.562. The second-order valence-corrected chi connectivity index (χ2v) is 5.70. The quantitative estimate of drug-likeness (QED) is 0.888. The number of aliphatic carboxylic acids is 1. The summed E-state index contributed by atoms with van der Waals surface area (Å²) in [6.45, 7) is 7.39. The fourth-order valence-electron chi connectivity index (χ4n) is 2.47. The number of likely N-dealkylation sites (N-methyl/N-ethyl adjacent to an activating group) is 1. The van der Waals surface area contributed by atoms with Gasteiger partial charge in [0.15, 0.2) is 0 Å². The monoisotopic (exact) mass is 276 g/mol. The summed E-state index contributed by atoms with van der Waals surface area (Å²) in [5, 5.41) is 8.99. The summed E-state index contributed by atoms with van der Waals surface area (Å²) >= 11 is 0. The van der Waals surface area contributed by atoms with Crippen molar-refractivity contribution in [2.75, 3.05) is 39.8 Å². The van der Waals surface area contributed by atoms with Crippen molar-refractivity contribution in [2.45, 2.75) is 19.3 Å². The Hall–Kier alpha value is -1.39. The second kappa shape index (κ2) is 6.86. The van der Waals surface area contributed by atoms with Gasteiger partial charge in [0.1, 0.15) is 0 Å². The van der Waals surface area contributed by atoms with Crippen LogP contribution in [0.5, 0.6) is 0 Å². The first-order chi connectivity index (χ1) is 9.56. The number of piperazine rings is 1. The van der Waals surface area contributed by atoms with E-state index in [4.69, 9.17) is 5.11 Å². The average Bonchev–Trinajstić information content (AvgIpc) is 2.46. The van der Waals surface area contributed by atoms with E-state index in [1.807, 2.05) is 12.1 Å². The average molecular weight is 276 g/mol. The van der Waals surface area contributed by atoms with Gasteiger partial charge in [0.25, 0.3) is 0 Å². The molecule has 1 aliphatic heterocycles. The molecule has 1 unspecified atom stereocenters. The van der Waals surface area contributed by atoms with E-state index in [-0.39, 0.29) is 0 Å². The molecule has 0 aromatic heterocycles. The van der Waals surface area contributed by atoms with Crippen molar-refractivity contribution in [2.24, 2.45) is 0 Å². The fourth-order valence-corrected chi connectivity index (χ4v) is 2.47. The molecule has 1 aromatic rings. The third-order valence-corrected chi connectivity index (χ3v) is 4.16. The third kappa shape index (κ3) is 4.05. The van der Waals surface area contributed by atoms with Gasteiger partial charge in [-0.05, 0) is 31.5 Å². The highest BCUT2D eigenvalue weighted by Gasteiger charge is 2.14. The Balaban J connectivity index is 1.83. The molecule has 0 saturated carbocycles. The van der Waals surface area contributed by atoms with E-state index < -0.39 is 11.9 Å². The molecule has 110 valence electrons. The van der Waals surface area contributed by atoms with Gasteiger partial charge in [0.2, 0.25) is 0 Å². The predicted octanol–water partition coefficient (Wildman–Crippen LogP) is 1.66. The molecule has 1 fully saturated rings. The van der Waals surface area contributed by atoms with Crippen molar-refractivity contribution in [1.29, 1.82) is 0 Å². The minimum Gasteiger partial charge on any atom is -0.481 e. The molecule has 1 atom stereocenters. The van der Waals surface area contributed by atoms with Crippen LogP contribution in [0.4, 0.5) is 0 Å². The standard InChI is InChI=1S/C16H24N2O2/c1-13(16(19)20)15-5-3-14(4-6-15)7-8-18-11-9-17(2)10-12-18/h3-6,13H,7-12H2,1-2H3,(H,19,20). The number of carboxylic acids is 1. The van der Waals surface area contributed by atoms with Crippen molar-refractivity contribution in [3.05, 3.63) is 35.4 Å². The smallest absolute Gasteiger partial charge is 0.310 e. The summed E-state index contributed by atoms with van der Waals surface area (Å²) in [5.41, 5.74) is 2.16. The Bertz CT molecular complexity index is 436. The lowest BCUT2D eigenvalue weighted by atomic mass is 9.99. The summed E-state index contributed by atoms with van der Waals surface area (Å²) in [4.78, 5) is 15.8. The molecule has 1 aliphatic rings. The van der Waals surface area contributed by atoms with Crippen LogP contribution in [0.2, 0.25) is 0 Å². The zero-order valence-corrected chi connectivity index (χ0v) is 12.4. The van der Waals surface area contributed by atoms with Gasteiger partial charge >= 0.3 is 5.97 Å². The second-order valence-electron chi connectivity index (χ2n) is 5.70. The number of carboxylic acid groups (broad SMARTS) is 1. The first-order valence-electron chi connectivity index (χ1n) is 7.29. The molecular formula is C16H24N2O2. The first kappa shape index (κ1) is 15.0. The number of nitrogens with zero attached hydrogens (tertiary/aromatic N) is 2. The highest BCUT2D eigenvalue weighted by atomic mass is 16.4. The molecule has 1 saturated heterocycles. The number of hydrogen-bond acceptors (Lipinski definition) is 3. The van der Waals surface area contributed by atoms with Crippen LogP contribution in [0.25, 0.3) is 0 Å². The maximum Gasteiger partial charge on any atom is 0.310 e. The molecular weight excluding hydrogens is 252 g/mol. The molecule has 0 amide bonds. The Kier molecular flexibility index (Phi) is 5.15. The number of carbonyl (C=O) groups is 1. The first-order valence-corrected chi connectivity index (χ1v) is 7.29. The van der Waals surface area contributed by atoms with Gasteiger partial charge in [0, 0.05) is 32.7 Å². The molecule has 1 heterocycles. The van der Waals surface area contributed by atoms with Gasteiger partial charge in [-0.1, -0.05) is 24.3 Å². The van der Waals surface area contributed by atoms with Gasteiger partial charge in [-0.15, -0.1) is 0 Å². The highest BCUT2D eigenvalue weighted by Crippen LogP contribution is 2.16. The van der Waals surface area contributed by atoms with Crippen molar-refractivity contribution in [1.82, 2.24) is 9.80 Å². The van der Waals surface area contributed by atoms with Gasteiger partial charge < -0.3 is 14.9 Å². The lowest BCUT2D eigenvalue weighted by Gasteiger charge is -2.32. The highest BCUT2D eigenvalue weighted by molar-refractivity contribution is 5.75. The van der Waals surface area contributed by atoms with E-state index >= 15 is 0 Å². The Morgan fingerprint density at radius 3 is 2.35 bits per heavy atom. The lowest BCUT2D eigenvalue weighted by Crippen LogP contribution is -2.45. The summed E-state index contributed by atoms with van der Waals surface area (Å²) in [5.74, 6) is -1.20. The van der Waals surface area contributed by atoms with Crippen molar-refractivity contribution in [3.8, 4) is 0 Å². The van der Waals surface area contributed by atoms with E-state index in [1.165, 1.54) is 5.56 Å². The van der Waals surface area contributed by atoms with Crippen molar-refractivity contribution in [3.63, 3.8) is 0 Å². The Labute approximate surface area is 121 Å². The lowest BCUT2D eigenvalue weighted by molar-refractivity contribution is -0.138. The van der Waals surface area contributed by atoms with Crippen molar-refractivity contribution >= 4 is 5.97 Å². The van der Waals surface area contributed by atoms with Gasteiger partial charge in [-0.2, -0.15) is 0 Å². The molecule has 1 aromatic carbocycles. The molecule has 2 rings (SSSR count). The van der Waals surface area contributed by atoms with Crippen molar-refractivity contribution < 1.29 is 9.90 Å². The molecule has 0 radical (unpaired) electrons. The summed E-state index contributed by atoms with van der Waals surface area (Å²) < 4.78 is 0. The number of hydrogen-bond donors (Lipinski definition) is 1. The molecule has 0 bridgehead atoms. The maximum atomic E-state index is 10.9. The van der Waals surface area contributed by atoms with Crippen LogP contribution in [-0.4, -0.2) is 60.6 Å². The van der Waals surface area contributed by atoms with Crippen LogP contribution < -0.4 is 0 Å². The maximum absolute atomic E-state index is 10.9. The summed E-state index contributed by atoms with van der Waals surface area (Å²) in [7, 11) is 2.17. The zero-order chi connectivity index (χ0) is 14.5. The van der Waals surface area contributed by atoms with Crippen LogP contribution in [0, 0.1) is 0 Å². The molecule has 20 heavy (non-hydrogen) atoms. The molecule has 4 heteroatoms. The predicted molar refractivity (Wildman–Crippen MR) is 80.1 cm³/mol. The van der Waals surface area contributed by atoms with E-state index in [2.05, 4.69) is 29.0 Å². The molecule has 4 nitrogen and oxygen atoms in total. The number of benzene rings is 1. The normalized spacial score (nSPS) is 18.9. The molecule has 0 aliphatic carbocycles. The summed E-state index contributed by atoms with van der Waals surface area (Å²) in [6, 6.07) is 8.01.